The summed E-state index contributed by atoms with van der Waals surface area (Å²) in [6, 6.07) is 8.97. The number of hydrogen-bond acceptors (Lipinski definition) is 2. The van der Waals surface area contributed by atoms with Gasteiger partial charge in [0.25, 0.3) is 0 Å². The maximum Gasteiger partial charge on any atom is 0.132 e. The SMILES string of the molecule is O=C1CCC(c2ccc(C3CCC(=O)CC3)cc2)CC1. The van der Waals surface area contributed by atoms with E-state index in [1.165, 1.54) is 11.1 Å². The third-order valence-corrected chi connectivity index (χ3v) is 4.97. The van der Waals surface area contributed by atoms with Crippen LogP contribution in [-0.4, -0.2) is 11.6 Å². The van der Waals surface area contributed by atoms with Gasteiger partial charge in [-0.1, -0.05) is 24.3 Å². The molecule has 0 spiro atoms. The minimum absolute atomic E-state index is 0.421. The van der Waals surface area contributed by atoms with Crippen LogP contribution in [0.25, 0.3) is 0 Å². The maximum absolute atomic E-state index is 11.3. The van der Waals surface area contributed by atoms with Gasteiger partial charge in [-0.05, 0) is 48.6 Å². The molecule has 2 aliphatic rings. The minimum Gasteiger partial charge on any atom is -0.300 e. The van der Waals surface area contributed by atoms with Gasteiger partial charge in [-0.15, -0.1) is 0 Å². The Morgan fingerprint density at radius 1 is 0.600 bits per heavy atom. The van der Waals surface area contributed by atoms with Gasteiger partial charge < -0.3 is 0 Å². The summed E-state index contributed by atoms with van der Waals surface area (Å²) in [4.78, 5) is 22.6. The molecule has 0 saturated heterocycles. The van der Waals surface area contributed by atoms with E-state index < -0.39 is 0 Å². The molecule has 0 unspecified atom stereocenters. The standard InChI is InChI=1S/C18H22O2/c19-17-9-5-15(6-10-17)13-1-2-14(4-3-13)16-7-11-18(20)12-8-16/h1-4,15-16H,5-12H2. The molecule has 2 saturated carbocycles. The van der Waals surface area contributed by atoms with Gasteiger partial charge in [0.15, 0.2) is 0 Å². The Morgan fingerprint density at radius 2 is 0.900 bits per heavy atom. The summed E-state index contributed by atoms with van der Waals surface area (Å²) in [6.07, 6.45) is 7.03. The summed E-state index contributed by atoms with van der Waals surface area (Å²) in [5.41, 5.74) is 2.77. The lowest BCUT2D eigenvalue weighted by molar-refractivity contribution is -0.121. The molecule has 2 aliphatic carbocycles. The van der Waals surface area contributed by atoms with E-state index >= 15 is 0 Å². The van der Waals surface area contributed by atoms with Crippen molar-refractivity contribution < 1.29 is 9.59 Å². The zero-order chi connectivity index (χ0) is 13.9. The monoisotopic (exact) mass is 270 g/mol. The lowest BCUT2D eigenvalue weighted by atomic mass is 9.80. The number of benzene rings is 1. The maximum atomic E-state index is 11.3. The molecule has 20 heavy (non-hydrogen) atoms. The summed E-state index contributed by atoms with van der Waals surface area (Å²) in [6.45, 7) is 0. The van der Waals surface area contributed by atoms with E-state index in [1.807, 2.05) is 0 Å². The fraction of sp³-hybridized carbons (Fsp3) is 0.556. The summed E-state index contributed by atoms with van der Waals surface area (Å²) in [5.74, 6) is 1.97. The average Bonchev–Trinajstić information content (AvgIpc) is 2.49. The van der Waals surface area contributed by atoms with Crippen molar-refractivity contribution >= 4 is 11.6 Å². The first kappa shape index (κ1) is 13.5. The molecule has 1 aromatic rings. The lowest BCUT2D eigenvalue weighted by Gasteiger charge is -2.24. The van der Waals surface area contributed by atoms with Crippen molar-refractivity contribution in [1.29, 1.82) is 0 Å². The van der Waals surface area contributed by atoms with E-state index in [1.54, 1.807) is 0 Å². The van der Waals surface area contributed by atoms with Crippen LogP contribution in [-0.2, 0) is 9.59 Å². The van der Waals surface area contributed by atoms with Crippen molar-refractivity contribution in [3.05, 3.63) is 35.4 Å². The van der Waals surface area contributed by atoms with Crippen molar-refractivity contribution in [2.24, 2.45) is 0 Å². The average molecular weight is 270 g/mol. The Morgan fingerprint density at radius 3 is 1.20 bits per heavy atom. The van der Waals surface area contributed by atoms with Crippen molar-refractivity contribution in [1.82, 2.24) is 0 Å². The Kier molecular flexibility index (Phi) is 4.00. The summed E-state index contributed by atoms with van der Waals surface area (Å²) < 4.78 is 0. The molecule has 1 aromatic carbocycles. The van der Waals surface area contributed by atoms with Crippen LogP contribution in [0.4, 0.5) is 0 Å². The van der Waals surface area contributed by atoms with Crippen molar-refractivity contribution in [3.8, 4) is 0 Å². The second-order valence-electron chi connectivity index (χ2n) is 6.29. The molecule has 0 heterocycles. The fourth-order valence-electron chi connectivity index (χ4n) is 3.59. The van der Waals surface area contributed by atoms with E-state index in [-0.39, 0.29) is 0 Å². The molecule has 3 rings (SSSR count). The zero-order valence-corrected chi connectivity index (χ0v) is 11.9. The third kappa shape index (κ3) is 3.00. The van der Waals surface area contributed by atoms with Gasteiger partial charge in [0.1, 0.15) is 11.6 Å². The molecule has 0 N–H and O–H groups in total. The topological polar surface area (TPSA) is 34.1 Å². The van der Waals surface area contributed by atoms with E-state index in [9.17, 15) is 9.59 Å². The molecule has 2 heteroatoms. The van der Waals surface area contributed by atoms with Crippen LogP contribution < -0.4 is 0 Å². The van der Waals surface area contributed by atoms with Crippen LogP contribution in [0.3, 0.4) is 0 Å². The molecule has 0 aromatic heterocycles. The Bertz CT molecular complexity index is 434. The van der Waals surface area contributed by atoms with Gasteiger partial charge in [-0.3, -0.25) is 9.59 Å². The first-order valence-electron chi connectivity index (χ1n) is 7.85. The van der Waals surface area contributed by atoms with Crippen LogP contribution in [0, 0.1) is 0 Å². The quantitative estimate of drug-likeness (QED) is 0.809. The lowest BCUT2D eigenvalue weighted by Crippen LogP contribution is -2.13. The summed E-state index contributed by atoms with van der Waals surface area (Å²) >= 11 is 0. The molecular formula is C18H22O2. The fourth-order valence-corrected chi connectivity index (χ4v) is 3.59. The number of hydrogen-bond donors (Lipinski definition) is 0. The smallest absolute Gasteiger partial charge is 0.132 e. The molecule has 106 valence electrons. The van der Waals surface area contributed by atoms with Crippen LogP contribution in [0.15, 0.2) is 24.3 Å². The highest BCUT2D eigenvalue weighted by atomic mass is 16.1. The van der Waals surface area contributed by atoms with Crippen LogP contribution in [0.1, 0.15) is 74.3 Å². The number of Topliss-reactive ketones (excluding diaryl/α,β-unsaturated/α-hetero) is 2. The molecule has 0 amide bonds. The van der Waals surface area contributed by atoms with Crippen LogP contribution in [0.5, 0.6) is 0 Å². The van der Waals surface area contributed by atoms with E-state index in [4.69, 9.17) is 0 Å². The second kappa shape index (κ2) is 5.90. The number of ketones is 2. The van der Waals surface area contributed by atoms with Crippen LogP contribution >= 0.6 is 0 Å². The molecule has 0 aliphatic heterocycles. The van der Waals surface area contributed by atoms with Gasteiger partial charge in [-0.25, -0.2) is 0 Å². The first-order chi connectivity index (χ1) is 9.72. The Balaban J connectivity index is 1.65. The van der Waals surface area contributed by atoms with E-state index in [2.05, 4.69) is 24.3 Å². The summed E-state index contributed by atoms with van der Waals surface area (Å²) in [7, 11) is 0. The second-order valence-corrected chi connectivity index (χ2v) is 6.29. The molecule has 2 nitrogen and oxygen atoms in total. The van der Waals surface area contributed by atoms with E-state index in [0.29, 0.717) is 23.4 Å². The molecular weight excluding hydrogens is 248 g/mol. The predicted molar refractivity (Wildman–Crippen MR) is 78.9 cm³/mol. The van der Waals surface area contributed by atoms with Gasteiger partial charge in [0.2, 0.25) is 0 Å². The van der Waals surface area contributed by atoms with Gasteiger partial charge in [0, 0.05) is 25.7 Å². The highest BCUT2D eigenvalue weighted by Gasteiger charge is 2.22. The van der Waals surface area contributed by atoms with Crippen molar-refractivity contribution in [2.45, 2.75) is 63.2 Å². The zero-order valence-electron chi connectivity index (χ0n) is 11.9. The Hall–Kier alpha value is -1.44. The van der Waals surface area contributed by atoms with E-state index in [0.717, 1.165) is 51.4 Å². The first-order valence-corrected chi connectivity index (χ1v) is 7.85. The highest BCUT2D eigenvalue weighted by Crippen LogP contribution is 2.34. The number of carbonyl (C=O) groups excluding carboxylic acids is 2. The third-order valence-electron chi connectivity index (χ3n) is 4.97. The van der Waals surface area contributed by atoms with Gasteiger partial charge in [0.05, 0.1) is 0 Å². The van der Waals surface area contributed by atoms with Gasteiger partial charge in [-0.2, -0.15) is 0 Å². The van der Waals surface area contributed by atoms with Crippen molar-refractivity contribution in [3.63, 3.8) is 0 Å². The number of carbonyl (C=O) groups is 2. The van der Waals surface area contributed by atoms with Crippen molar-refractivity contribution in [2.75, 3.05) is 0 Å². The molecule has 2 fully saturated rings. The molecule has 0 radical (unpaired) electrons. The Labute approximate surface area is 120 Å². The minimum atomic E-state index is 0.421. The highest BCUT2D eigenvalue weighted by molar-refractivity contribution is 5.79. The predicted octanol–water partition coefficient (Wildman–Crippen LogP) is 4.14. The molecule has 0 atom stereocenters. The van der Waals surface area contributed by atoms with Gasteiger partial charge >= 0.3 is 0 Å². The normalized spacial score (nSPS) is 22.2. The largest absolute Gasteiger partial charge is 0.300 e. The number of rotatable bonds is 2. The van der Waals surface area contributed by atoms with Crippen LogP contribution in [0.2, 0.25) is 0 Å². The molecule has 0 bridgehead atoms. The summed E-state index contributed by atoms with van der Waals surface area (Å²) in [5, 5.41) is 0.